The predicted octanol–water partition coefficient (Wildman–Crippen LogP) is 1.92. The molecule has 1 rings (SSSR count). The highest BCUT2D eigenvalue weighted by atomic mass is 79.9. The Morgan fingerprint density at radius 1 is 1.59 bits per heavy atom. The third kappa shape index (κ3) is 5.19. The van der Waals surface area contributed by atoms with Gasteiger partial charge in [-0.25, -0.2) is 0 Å². The zero-order valence-electron chi connectivity index (χ0n) is 9.65. The number of rotatable bonds is 6. The second-order valence-corrected chi connectivity index (χ2v) is 4.94. The van der Waals surface area contributed by atoms with E-state index in [4.69, 9.17) is 4.74 Å². The van der Waals surface area contributed by atoms with E-state index in [-0.39, 0.29) is 16.5 Å². The first-order valence-corrected chi connectivity index (χ1v) is 6.25. The van der Waals surface area contributed by atoms with Crippen LogP contribution in [0.2, 0.25) is 0 Å². The number of halogens is 1. The average molecular weight is 302 g/mol. The third-order valence-electron chi connectivity index (χ3n) is 2.20. The Kier molecular flexibility index (Phi) is 6.00. The van der Waals surface area contributed by atoms with Crippen molar-refractivity contribution >= 4 is 21.8 Å². The topological polar surface area (TPSA) is 58.6 Å². The summed E-state index contributed by atoms with van der Waals surface area (Å²) in [6, 6.07) is 6.28. The summed E-state index contributed by atoms with van der Waals surface area (Å²) in [5.41, 5.74) is 0.461. The van der Waals surface area contributed by atoms with E-state index in [2.05, 4.69) is 21.2 Å². The Balaban J connectivity index is 2.35. The molecule has 4 nitrogen and oxygen atoms in total. The number of carbonyl (C=O) groups is 1. The largest absolute Gasteiger partial charge is 0.508 e. The fourth-order valence-electron chi connectivity index (χ4n) is 1.36. The lowest BCUT2D eigenvalue weighted by molar-refractivity contribution is 0.0951. The van der Waals surface area contributed by atoms with Crippen LogP contribution in [0, 0.1) is 0 Å². The molecule has 0 aliphatic heterocycles. The molecule has 5 heteroatoms. The summed E-state index contributed by atoms with van der Waals surface area (Å²) in [6.07, 6.45) is 0.790. The Hall–Kier alpha value is -1.07. The molecular weight excluding hydrogens is 286 g/mol. The number of nitrogens with one attached hydrogen (secondary N) is 1. The molecule has 1 atom stereocenters. The molecule has 0 bridgehead atoms. The van der Waals surface area contributed by atoms with E-state index >= 15 is 0 Å². The maximum Gasteiger partial charge on any atom is 0.251 e. The van der Waals surface area contributed by atoms with Gasteiger partial charge in [-0.3, -0.25) is 4.79 Å². The number of phenols is 1. The fraction of sp³-hybridized carbons (Fsp3) is 0.417. The van der Waals surface area contributed by atoms with Crippen molar-refractivity contribution in [1.29, 1.82) is 0 Å². The highest BCUT2D eigenvalue weighted by Crippen LogP contribution is 2.10. The zero-order chi connectivity index (χ0) is 12.7. The Morgan fingerprint density at radius 2 is 2.35 bits per heavy atom. The Bertz CT molecular complexity index is 371. The number of alkyl halides is 1. The summed E-state index contributed by atoms with van der Waals surface area (Å²) in [4.78, 5) is 11.9. The maximum absolute atomic E-state index is 11.7. The van der Waals surface area contributed by atoms with Crippen LogP contribution in [-0.4, -0.2) is 36.1 Å². The van der Waals surface area contributed by atoms with Crippen LogP contribution in [0.5, 0.6) is 5.75 Å². The second kappa shape index (κ2) is 7.29. The molecule has 0 aliphatic carbocycles. The summed E-state index contributed by atoms with van der Waals surface area (Å²) < 4.78 is 4.97. The molecule has 0 radical (unpaired) electrons. The van der Waals surface area contributed by atoms with Gasteiger partial charge < -0.3 is 15.2 Å². The number of amides is 1. The standard InChI is InChI=1S/C12H16BrNO3/c1-17-8-10(13)5-6-14-12(16)9-3-2-4-11(15)7-9/h2-4,7,10,15H,5-6,8H2,1H3,(H,14,16). The molecule has 94 valence electrons. The summed E-state index contributed by atoms with van der Waals surface area (Å²) in [5.74, 6) is -0.0894. The van der Waals surface area contributed by atoms with Gasteiger partial charge in [-0.1, -0.05) is 22.0 Å². The van der Waals surface area contributed by atoms with E-state index in [1.165, 1.54) is 12.1 Å². The summed E-state index contributed by atoms with van der Waals surface area (Å²) in [5, 5.41) is 12.0. The summed E-state index contributed by atoms with van der Waals surface area (Å²) >= 11 is 3.44. The number of methoxy groups -OCH3 is 1. The summed E-state index contributed by atoms with van der Waals surface area (Å²) in [7, 11) is 1.64. The Labute approximate surface area is 109 Å². The molecule has 0 saturated carbocycles. The number of phenolic OH excluding ortho intramolecular Hbond substituents is 1. The molecule has 0 heterocycles. The first-order chi connectivity index (χ1) is 8.13. The third-order valence-corrected chi connectivity index (χ3v) is 2.92. The van der Waals surface area contributed by atoms with Crippen LogP contribution in [0.1, 0.15) is 16.8 Å². The van der Waals surface area contributed by atoms with Gasteiger partial charge in [-0.05, 0) is 24.6 Å². The predicted molar refractivity (Wildman–Crippen MR) is 69.6 cm³/mol. The molecule has 1 aromatic carbocycles. The number of aromatic hydroxyl groups is 1. The maximum atomic E-state index is 11.7. The SMILES string of the molecule is COCC(Br)CCNC(=O)c1cccc(O)c1. The van der Waals surface area contributed by atoms with Crippen LogP contribution >= 0.6 is 15.9 Å². The minimum atomic E-state index is -0.182. The van der Waals surface area contributed by atoms with Gasteiger partial charge in [0.1, 0.15) is 5.75 Å². The van der Waals surface area contributed by atoms with Crippen LogP contribution in [-0.2, 0) is 4.74 Å². The van der Waals surface area contributed by atoms with Gasteiger partial charge in [0.2, 0.25) is 0 Å². The number of ether oxygens (including phenoxy) is 1. The van der Waals surface area contributed by atoms with Crippen LogP contribution < -0.4 is 5.32 Å². The van der Waals surface area contributed by atoms with Crippen LogP contribution in [0.4, 0.5) is 0 Å². The highest BCUT2D eigenvalue weighted by molar-refractivity contribution is 9.09. The number of hydrogen-bond donors (Lipinski definition) is 2. The monoisotopic (exact) mass is 301 g/mol. The lowest BCUT2D eigenvalue weighted by atomic mass is 10.2. The normalized spacial score (nSPS) is 12.1. The molecule has 1 unspecified atom stereocenters. The average Bonchev–Trinajstić information content (AvgIpc) is 2.29. The first-order valence-electron chi connectivity index (χ1n) is 5.33. The molecule has 1 aromatic rings. The Morgan fingerprint density at radius 3 is 3.00 bits per heavy atom. The van der Waals surface area contributed by atoms with Crippen LogP contribution in [0.3, 0.4) is 0 Å². The number of benzene rings is 1. The minimum absolute atomic E-state index is 0.0930. The van der Waals surface area contributed by atoms with Gasteiger partial charge in [0, 0.05) is 24.0 Å². The van der Waals surface area contributed by atoms with Gasteiger partial charge in [-0.2, -0.15) is 0 Å². The van der Waals surface area contributed by atoms with Crippen molar-refractivity contribution in [2.24, 2.45) is 0 Å². The number of hydrogen-bond acceptors (Lipinski definition) is 3. The van der Waals surface area contributed by atoms with Gasteiger partial charge >= 0.3 is 0 Å². The van der Waals surface area contributed by atoms with Gasteiger partial charge in [0.25, 0.3) is 5.91 Å². The molecular formula is C12H16BrNO3. The van der Waals surface area contributed by atoms with E-state index in [0.29, 0.717) is 18.7 Å². The molecule has 0 saturated heterocycles. The quantitative estimate of drug-likeness (QED) is 0.789. The van der Waals surface area contributed by atoms with Crippen molar-refractivity contribution in [2.45, 2.75) is 11.2 Å². The first kappa shape index (κ1) is 14.0. The second-order valence-electron chi connectivity index (χ2n) is 3.65. The van der Waals surface area contributed by atoms with E-state index < -0.39 is 0 Å². The van der Waals surface area contributed by atoms with Crippen molar-refractivity contribution in [3.63, 3.8) is 0 Å². The van der Waals surface area contributed by atoms with Crippen molar-refractivity contribution in [2.75, 3.05) is 20.3 Å². The van der Waals surface area contributed by atoms with Crippen LogP contribution in [0.25, 0.3) is 0 Å². The highest BCUT2D eigenvalue weighted by Gasteiger charge is 2.07. The van der Waals surface area contributed by atoms with Gasteiger partial charge in [0.05, 0.1) is 6.61 Å². The zero-order valence-corrected chi connectivity index (χ0v) is 11.2. The fourth-order valence-corrected chi connectivity index (χ4v) is 1.85. The van der Waals surface area contributed by atoms with E-state index in [1.807, 2.05) is 0 Å². The summed E-state index contributed by atoms with van der Waals surface area (Å²) in [6.45, 7) is 1.18. The lowest BCUT2D eigenvalue weighted by Crippen LogP contribution is -2.26. The molecule has 17 heavy (non-hydrogen) atoms. The molecule has 1 amide bonds. The van der Waals surface area contributed by atoms with E-state index in [0.717, 1.165) is 6.42 Å². The van der Waals surface area contributed by atoms with Crippen molar-refractivity contribution in [1.82, 2.24) is 5.32 Å². The van der Waals surface area contributed by atoms with Gasteiger partial charge in [-0.15, -0.1) is 0 Å². The van der Waals surface area contributed by atoms with E-state index in [1.54, 1.807) is 19.2 Å². The van der Waals surface area contributed by atoms with Crippen molar-refractivity contribution in [3.8, 4) is 5.75 Å². The van der Waals surface area contributed by atoms with Gasteiger partial charge in [0.15, 0.2) is 0 Å². The lowest BCUT2D eigenvalue weighted by Gasteiger charge is -2.09. The van der Waals surface area contributed by atoms with Crippen molar-refractivity contribution < 1.29 is 14.6 Å². The molecule has 0 aromatic heterocycles. The smallest absolute Gasteiger partial charge is 0.251 e. The minimum Gasteiger partial charge on any atom is -0.508 e. The van der Waals surface area contributed by atoms with E-state index in [9.17, 15) is 9.90 Å². The number of carbonyl (C=O) groups excluding carboxylic acids is 1. The molecule has 2 N–H and O–H groups in total. The molecule has 0 fully saturated rings. The molecule has 0 aliphatic rings. The van der Waals surface area contributed by atoms with Crippen LogP contribution in [0.15, 0.2) is 24.3 Å². The van der Waals surface area contributed by atoms with Crippen molar-refractivity contribution in [3.05, 3.63) is 29.8 Å². The molecule has 0 spiro atoms.